The van der Waals surface area contributed by atoms with Gasteiger partial charge in [-0.25, -0.2) is 4.98 Å². The molecule has 4 rings (SSSR count). The molecule has 1 aliphatic heterocycles. The Bertz CT molecular complexity index is 833. The number of carbonyl (C=O) groups is 2. The average Bonchev–Trinajstić information content (AvgIpc) is 2.93. The van der Waals surface area contributed by atoms with E-state index >= 15 is 0 Å². The predicted molar refractivity (Wildman–Crippen MR) is 103 cm³/mol. The van der Waals surface area contributed by atoms with Crippen molar-refractivity contribution in [2.75, 3.05) is 11.9 Å². The standard InChI is InChI=1S/C20H25N5O2/c1-14-4-2-5-16(23-14)24-18(27)19-6-3-7-20(13-19,9-8-19)25-17(26)15-12-21-10-11-22-15/h2,4-5,10-11,21H,3,6-9,12-13H2,1H3,(H,25,26)(H,23,24,27). The molecule has 0 spiro atoms. The van der Waals surface area contributed by atoms with Gasteiger partial charge in [-0.2, -0.15) is 0 Å². The van der Waals surface area contributed by atoms with Crippen LogP contribution in [0, 0.1) is 12.3 Å². The highest BCUT2D eigenvalue weighted by Crippen LogP contribution is 2.54. The van der Waals surface area contributed by atoms with Crippen molar-refractivity contribution in [2.45, 2.75) is 51.0 Å². The van der Waals surface area contributed by atoms with Crippen molar-refractivity contribution in [1.29, 1.82) is 0 Å². The number of pyridine rings is 1. The van der Waals surface area contributed by atoms with Gasteiger partial charge in [0.15, 0.2) is 0 Å². The lowest BCUT2D eigenvalue weighted by atomic mass is 9.72. The third kappa shape index (κ3) is 3.46. The van der Waals surface area contributed by atoms with E-state index in [1.807, 2.05) is 25.1 Å². The fourth-order valence-electron chi connectivity index (χ4n) is 4.67. The van der Waals surface area contributed by atoms with E-state index in [9.17, 15) is 9.59 Å². The van der Waals surface area contributed by atoms with Gasteiger partial charge in [0.25, 0.3) is 5.91 Å². The van der Waals surface area contributed by atoms with Crippen molar-refractivity contribution < 1.29 is 9.59 Å². The van der Waals surface area contributed by atoms with Crippen molar-refractivity contribution >= 4 is 23.3 Å². The number of nitrogens with zero attached hydrogens (tertiary/aromatic N) is 2. The van der Waals surface area contributed by atoms with Crippen LogP contribution in [0.5, 0.6) is 0 Å². The van der Waals surface area contributed by atoms with E-state index in [1.54, 1.807) is 12.4 Å². The molecule has 7 nitrogen and oxygen atoms in total. The molecule has 142 valence electrons. The van der Waals surface area contributed by atoms with Crippen LogP contribution in [-0.4, -0.2) is 34.6 Å². The maximum Gasteiger partial charge on any atom is 0.267 e. The molecule has 2 heterocycles. The highest BCUT2D eigenvalue weighted by molar-refractivity contribution is 6.40. The molecule has 2 saturated carbocycles. The number of hydrogen-bond donors (Lipinski definition) is 3. The summed E-state index contributed by atoms with van der Waals surface area (Å²) >= 11 is 0. The summed E-state index contributed by atoms with van der Waals surface area (Å²) in [5, 5.41) is 9.21. The van der Waals surface area contributed by atoms with E-state index in [0.717, 1.165) is 37.8 Å². The second kappa shape index (κ2) is 6.79. The zero-order chi connectivity index (χ0) is 18.9. The van der Waals surface area contributed by atoms with Crippen LogP contribution < -0.4 is 16.0 Å². The van der Waals surface area contributed by atoms with Crippen LogP contribution in [-0.2, 0) is 9.59 Å². The Kier molecular flexibility index (Phi) is 4.45. The number of nitrogens with one attached hydrogen (secondary N) is 3. The van der Waals surface area contributed by atoms with Crippen LogP contribution in [0.4, 0.5) is 5.82 Å². The predicted octanol–water partition coefficient (Wildman–Crippen LogP) is 2.05. The number of aromatic nitrogens is 1. The van der Waals surface area contributed by atoms with Crippen molar-refractivity contribution in [3.63, 3.8) is 0 Å². The second-order valence-electron chi connectivity index (χ2n) is 7.94. The lowest BCUT2D eigenvalue weighted by Crippen LogP contribution is -2.53. The number of amides is 2. The van der Waals surface area contributed by atoms with Crippen molar-refractivity contribution in [3.8, 4) is 0 Å². The second-order valence-corrected chi connectivity index (χ2v) is 7.94. The summed E-state index contributed by atoms with van der Waals surface area (Å²) in [5.74, 6) is 0.484. The molecule has 0 aromatic carbocycles. The Hall–Kier alpha value is -2.70. The summed E-state index contributed by atoms with van der Waals surface area (Å²) in [6, 6.07) is 5.61. The highest BCUT2D eigenvalue weighted by atomic mass is 16.2. The molecule has 2 bridgehead atoms. The number of aryl methyl sites for hydroxylation is 1. The molecule has 3 N–H and O–H groups in total. The number of carbonyl (C=O) groups excluding carboxylic acids is 2. The zero-order valence-corrected chi connectivity index (χ0v) is 15.5. The van der Waals surface area contributed by atoms with Gasteiger partial charge in [0.1, 0.15) is 11.5 Å². The minimum absolute atomic E-state index is 0.0241. The van der Waals surface area contributed by atoms with Gasteiger partial charge in [0.05, 0.1) is 12.0 Å². The van der Waals surface area contributed by atoms with E-state index in [2.05, 4.69) is 25.9 Å². The Balaban J connectivity index is 1.47. The summed E-state index contributed by atoms with van der Waals surface area (Å²) in [4.78, 5) is 34.3. The van der Waals surface area contributed by atoms with Gasteiger partial charge in [0.2, 0.25) is 5.91 Å². The van der Waals surface area contributed by atoms with Crippen LogP contribution in [0.1, 0.15) is 44.2 Å². The minimum atomic E-state index is -0.427. The first kappa shape index (κ1) is 17.7. The van der Waals surface area contributed by atoms with Crippen LogP contribution in [0.25, 0.3) is 0 Å². The Morgan fingerprint density at radius 1 is 1.19 bits per heavy atom. The summed E-state index contributed by atoms with van der Waals surface area (Å²) in [7, 11) is 0. The van der Waals surface area contributed by atoms with E-state index in [0.29, 0.717) is 24.5 Å². The van der Waals surface area contributed by atoms with Gasteiger partial charge in [-0.1, -0.05) is 12.5 Å². The molecule has 1 aromatic heterocycles. The number of rotatable bonds is 4. The SMILES string of the molecule is Cc1cccc(NC(=O)C23CCCC(NC(=O)C4=NC=CNC4)(CC2)C3)n1. The molecule has 27 heavy (non-hydrogen) atoms. The molecule has 0 saturated heterocycles. The van der Waals surface area contributed by atoms with Gasteiger partial charge in [-0.15, -0.1) is 0 Å². The molecule has 0 radical (unpaired) electrons. The van der Waals surface area contributed by atoms with Crippen LogP contribution in [0.15, 0.2) is 35.6 Å². The van der Waals surface area contributed by atoms with E-state index in [1.165, 1.54) is 0 Å². The summed E-state index contributed by atoms with van der Waals surface area (Å²) in [6.07, 6.45) is 8.30. The largest absolute Gasteiger partial charge is 0.384 e. The van der Waals surface area contributed by atoms with Crippen molar-refractivity contribution in [2.24, 2.45) is 10.4 Å². The molecular formula is C20H25N5O2. The Morgan fingerprint density at radius 2 is 2.07 bits per heavy atom. The molecule has 2 amide bonds. The first-order valence-electron chi connectivity index (χ1n) is 9.53. The quantitative estimate of drug-likeness (QED) is 0.759. The van der Waals surface area contributed by atoms with Gasteiger partial charge >= 0.3 is 0 Å². The number of hydrogen-bond acceptors (Lipinski definition) is 5. The Morgan fingerprint density at radius 3 is 2.85 bits per heavy atom. The van der Waals surface area contributed by atoms with Crippen molar-refractivity contribution in [3.05, 3.63) is 36.3 Å². The Labute approximate surface area is 158 Å². The summed E-state index contributed by atoms with van der Waals surface area (Å²) in [5.41, 5.74) is 0.626. The molecular weight excluding hydrogens is 342 g/mol. The first-order valence-corrected chi connectivity index (χ1v) is 9.53. The molecule has 2 fully saturated rings. The lowest BCUT2D eigenvalue weighted by Gasteiger charge is -2.39. The number of anilines is 1. The van der Waals surface area contributed by atoms with Crippen LogP contribution in [0.2, 0.25) is 0 Å². The highest BCUT2D eigenvalue weighted by Gasteiger charge is 2.55. The molecule has 1 aromatic rings. The molecule has 2 unspecified atom stereocenters. The average molecular weight is 367 g/mol. The minimum Gasteiger partial charge on any atom is -0.384 e. The summed E-state index contributed by atoms with van der Waals surface area (Å²) in [6.45, 7) is 2.34. The molecule has 2 aliphatic carbocycles. The number of fused-ring (bicyclic) bond motifs is 2. The molecule has 3 aliphatic rings. The smallest absolute Gasteiger partial charge is 0.267 e. The monoisotopic (exact) mass is 367 g/mol. The van der Waals surface area contributed by atoms with Gasteiger partial charge in [-0.3, -0.25) is 14.6 Å². The molecule has 7 heteroatoms. The van der Waals surface area contributed by atoms with Gasteiger partial charge in [-0.05, 0) is 51.2 Å². The normalized spacial score (nSPS) is 28.9. The zero-order valence-electron chi connectivity index (χ0n) is 15.5. The third-order valence-corrected chi connectivity index (χ3v) is 6.01. The molecule has 2 atom stereocenters. The van der Waals surface area contributed by atoms with Gasteiger partial charge < -0.3 is 16.0 Å². The fraction of sp³-hybridized carbons (Fsp3) is 0.500. The van der Waals surface area contributed by atoms with Crippen LogP contribution >= 0.6 is 0 Å². The lowest BCUT2D eigenvalue weighted by molar-refractivity contribution is -0.127. The maximum absolute atomic E-state index is 13.1. The number of aliphatic imine (C=N–C) groups is 1. The fourth-order valence-corrected chi connectivity index (χ4v) is 4.67. The van der Waals surface area contributed by atoms with E-state index < -0.39 is 5.41 Å². The topological polar surface area (TPSA) is 95.5 Å². The van der Waals surface area contributed by atoms with Crippen LogP contribution in [0.3, 0.4) is 0 Å². The first-order chi connectivity index (χ1) is 13.0. The van der Waals surface area contributed by atoms with Crippen molar-refractivity contribution in [1.82, 2.24) is 15.6 Å². The summed E-state index contributed by atoms with van der Waals surface area (Å²) < 4.78 is 0. The third-order valence-electron chi connectivity index (χ3n) is 6.01. The van der Waals surface area contributed by atoms with E-state index in [-0.39, 0.29) is 17.4 Å². The maximum atomic E-state index is 13.1. The van der Waals surface area contributed by atoms with Gasteiger partial charge in [0, 0.05) is 23.6 Å². The van der Waals surface area contributed by atoms with E-state index in [4.69, 9.17) is 0 Å².